The second-order valence-electron chi connectivity index (χ2n) is 9.79. The molecule has 0 aliphatic rings. The van der Waals surface area contributed by atoms with Crippen molar-refractivity contribution in [2.45, 2.75) is 26.4 Å². The molecule has 0 saturated heterocycles. The summed E-state index contributed by atoms with van der Waals surface area (Å²) in [5.41, 5.74) is 2.25. The fraction of sp³-hybridized carbons (Fsp3) is 0.129. The summed E-state index contributed by atoms with van der Waals surface area (Å²) < 4.78 is 28.1. The highest BCUT2D eigenvalue weighted by Crippen LogP contribution is 2.23. The van der Waals surface area contributed by atoms with Crippen LogP contribution in [0.2, 0.25) is 5.02 Å². The highest BCUT2D eigenvalue weighted by molar-refractivity contribution is 6.34. The van der Waals surface area contributed by atoms with Gasteiger partial charge in [0.05, 0.1) is 22.9 Å². The number of halogens is 3. The van der Waals surface area contributed by atoms with Gasteiger partial charge in [-0.2, -0.15) is 5.10 Å². The van der Waals surface area contributed by atoms with Crippen molar-refractivity contribution >= 4 is 40.7 Å². The summed E-state index contributed by atoms with van der Waals surface area (Å²) in [6, 6.07) is 18.4. The molecule has 0 aliphatic heterocycles. The summed E-state index contributed by atoms with van der Waals surface area (Å²) >= 11 is 6.19. The summed E-state index contributed by atoms with van der Waals surface area (Å²) in [5.74, 6) is -3.97. The molecule has 0 spiro atoms. The number of fused-ring (bicyclic) bond motifs is 1. The van der Waals surface area contributed by atoms with Gasteiger partial charge in [-0.15, -0.1) is 0 Å². The third-order valence-corrected chi connectivity index (χ3v) is 7.00. The van der Waals surface area contributed by atoms with Crippen LogP contribution in [0.4, 0.5) is 14.5 Å². The molecule has 9 nitrogen and oxygen atoms in total. The van der Waals surface area contributed by atoms with Crippen molar-refractivity contribution in [1.82, 2.24) is 25.2 Å². The maximum atomic E-state index is 13.7. The van der Waals surface area contributed by atoms with Crippen LogP contribution in [0, 0.1) is 18.6 Å². The van der Waals surface area contributed by atoms with Gasteiger partial charge >= 0.3 is 0 Å². The molecule has 0 fully saturated rings. The average Bonchev–Trinajstić information content (AvgIpc) is 3.43. The Hall–Kier alpha value is -5.16. The maximum absolute atomic E-state index is 13.7. The molecule has 5 aromatic rings. The first-order chi connectivity index (χ1) is 20.6. The van der Waals surface area contributed by atoms with Crippen molar-refractivity contribution in [1.29, 1.82) is 0 Å². The third-order valence-electron chi connectivity index (χ3n) is 6.67. The average molecular weight is 603 g/mol. The topological polar surface area (TPSA) is 117 Å². The van der Waals surface area contributed by atoms with Gasteiger partial charge in [0.25, 0.3) is 17.7 Å². The molecule has 2 heterocycles. The Morgan fingerprint density at radius 2 is 1.67 bits per heavy atom. The molecule has 12 heteroatoms. The zero-order chi connectivity index (χ0) is 30.7. The first-order valence-electron chi connectivity index (χ1n) is 13.1. The van der Waals surface area contributed by atoms with Crippen molar-refractivity contribution < 1.29 is 23.2 Å². The quantitative estimate of drug-likeness (QED) is 0.212. The van der Waals surface area contributed by atoms with E-state index in [0.29, 0.717) is 16.3 Å². The molecule has 0 radical (unpaired) electrons. The molecule has 0 aliphatic carbocycles. The van der Waals surface area contributed by atoms with Gasteiger partial charge in [0.1, 0.15) is 17.0 Å². The molecule has 3 aromatic carbocycles. The van der Waals surface area contributed by atoms with E-state index in [2.05, 4.69) is 26.0 Å². The van der Waals surface area contributed by atoms with Crippen LogP contribution in [0.5, 0.6) is 0 Å². The number of aryl methyl sites for hydroxylation is 1. The molecule has 5 rings (SSSR count). The predicted octanol–water partition coefficient (Wildman–Crippen LogP) is 5.64. The highest BCUT2D eigenvalue weighted by atomic mass is 35.5. The van der Waals surface area contributed by atoms with E-state index in [0.717, 1.165) is 23.3 Å². The summed E-state index contributed by atoms with van der Waals surface area (Å²) in [5, 5.41) is 12.7. The normalized spacial score (nSPS) is 11.7. The molecule has 2 aromatic heterocycles. The predicted molar refractivity (Wildman–Crippen MR) is 157 cm³/mol. The van der Waals surface area contributed by atoms with Gasteiger partial charge in [0.2, 0.25) is 0 Å². The molecule has 1 atom stereocenters. The van der Waals surface area contributed by atoms with E-state index in [-0.39, 0.29) is 29.1 Å². The number of nitrogens with zero attached hydrogens (tertiary/aromatic N) is 3. The van der Waals surface area contributed by atoms with E-state index in [9.17, 15) is 23.2 Å². The van der Waals surface area contributed by atoms with Gasteiger partial charge in [-0.3, -0.25) is 14.4 Å². The number of benzene rings is 3. The molecular weight excluding hydrogens is 578 g/mol. The number of hydrogen-bond acceptors (Lipinski definition) is 5. The smallest absolute Gasteiger partial charge is 0.270 e. The summed E-state index contributed by atoms with van der Waals surface area (Å²) in [4.78, 5) is 44.3. The number of hydrogen-bond donors (Lipinski definition) is 3. The number of carbonyl (C=O) groups excluding carboxylic acids is 3. The molecular formula is C31H25ClF2N6O3. The van der Waals surface area contributed by atoms with Crippen molar-refractivity contribution in [3.63, 3.8) is 0 Å². The Labute approximate surface area is 249 Å². The van der Waals surface area contributed by atoms with E-state index in [1.54, 1.807) is 24.3 Å². The maximum Gasteiger partial charge on any atom is 0.270 e. The number of anilines is 1. The lowest BCUT2D eigenvalue weighted by Crippen LogP contribution is -2.30. The lowest BCUT2D eigenvalue weighted by molar-refractivity contribution is 0.0930. The second kappa shape index (κ2) is 12.4. The molecule has 0 bridgehead atoms. The molecule has 0 saturated carbocycles. The number of carbonyl (C=O) groups is 3. The minimum Gasteiger partial charge on any atom is -0.347 e. The summed E-state index contributed by atoms with van der Waals surface area (Å²) in [6.07, 6.45) is 1.23. The zero-order valence-electron chi connectivity index (χ0n) is 23.0. The Kier molecular flexibility index (Phi) is 8.44. The molecule has 3 amide bonds. The number of nitrogens with one attached hydrogen (secondary N) is 3. The standard InChI is InChI=1S/C31H25ClF2N6O3/c1-17-7-10-20(11-8-17)18(2)37-31(43)27-14-26(30(42)35-15-19-9-12-23(33)24(34)13-19)38-28-21(16-36-40(27)28)29(41)39-25-6-4-3-5-22(25)32/h3-14,16,18H,15H2,1-2H3,(H,35,42)(H,37,43)(H,39,41)/t18-/m0/s1. The van der Waals surface area contributed by atoms with Gasteiger partial charge in [-0.05, 0) is 49.2 Å². The first kappa shape index (κ1) is 29.3. The zero-order valence-corrected chi connectivity index (χ0v) is 23.7. The van der Waals surface area contributed by atoms with E-state index in [1.165, 1.54) is 22.8 Å². The van der Waals surface area contributed by atoms with Gasteiger partial charge in [0, 0.05) is 12.6 Å². The van der Waals surface area contributed by atoms with Gasteiger partial charge < -0.3 is 16.0 Å². The highest BCUT2D eigenvalue weighted by Gasteiger charge is 2.24. The van der Waals surface area contributed by atoms with Crippen LogP contribution in [0.1, 0.15) is 61.0 Å². The van der Waals surface area contributed by atoms with Crippen LogP contribution < -0.4 is 16.0 Å². The van der Waals surface area contributed by atoms with Gasteiger partial charge in [-0.25, -0.2) is 18.3 Å². The van der Waals surface area contributed by atoms with Gasteiger partial charge in [0.15, 0.2) is 17.3 Å². The number of aromatic nitrogens is 3. The van der Waals surface area contributed by atoms with Crippen molar-refractivity contribution in [2.75, 3.05) is 5.32 Å². The van der Waals surface area contributed by atoms with Crippen molar-refractivity contribution in [3.05, 3.63) is 129 Å². The number of amides is 3. The molecule has 218 valence electrons. The fourth-order valence-corrected chi connectivity index (χ4v) is 4.47. The first-order valence-corrected chi connectivity index (χ1v) is 13.5. The van der Waals surface area contributed by atoms with E-state index in [4.69, 9.17) is 11.6 Å². The van der Waals surface area contributed by atoms with Crippen LogP contribution >= 0.6 is 11.6 Å². The third kappa shape index (κ3) is 6.52. The second-order valence-corrected chi connectivity index (χ2v) is 10.2. The monoisotopic (exact) mass is 602 g/mol. The Balaban J connectivity index is 1.49. The van der Waals surface area contributed by atoms with E-state index >= 15 is 0 Å². The number of para-hydroxylation sites is 1. The minimum absolute atomic E-state index is 0.0178. The Bertz CT molecular complexity index is 1860. The van der Waals surface area contributed by atoms with Crippen LogP contribution in [0.15, 0.2) is 79.0 Å². The van der Waals surface area contributed by atoms with E-state index in [1.807, 2.05) is 38.1 Å². The SMILES string of the molecule is Cc1ccc([C@H](C)NC(=O)c2cc(C(=O)NCc3ccc(F)c(F)c3)nc3c(C(=O)Nc4ccccc4Cl)cnn23)cc1. The van der Waals surface area contributed by atoms with Crippen molar-refractivity contribution in [3.8, 4) is 0 Å². The van der Waals surface area contributed by atoms with E-state index < -0.39 is 35.4 Å². The Morgan fingerprint density at radius 1 is 0.930 bits per heavy atom. The van der Waals surface area contributed by atoms with Crippen LogP contribution in [-0.2, 0) is 6.54 Å². The molecule has 43 heavy (non-hydrogen) atoms. The lowest BCUT2D eigenvalue weighted by Gasteiger charge is -2.16. The van der Waals surface area contributed by atoms with Crippen LogP contribution in [0.3, 0.4) is 0 Å². The van der Waals surface area contributed by atoms with Gasteiger partial charge in [-0.1, -0.05) is 59.6 Å². The fourth-order valence-electron chi connectivity index (χ4n) is 4.28. The lowest BCUT2D eigenvalue weighted by atomic mass is 10.1. The van der Waals surface area contributed by atoms with Crippen LogP contribution in [0.25, 0.3) is 5.65 Å². The number of rotatable bonds is 8. The minimum atomic E-state index is -1.05. The molecule has 0 unspecified atom stereocenters. The van der Waals surface area contributed by atoms with Crippen molar-refractivity contribution in [2.24, 2.45) is 0 Å². The molecule has 3 N–H and O–H groups in total. The summed E-state index contributed by atoms with van der Waals surface area (Å²) in [6.45, 7) is 3.62. The largest absolute Gasteiger partial charge is 0.347 e. The Morgan fingerprint density at radius 3 is 2.40 bits per heavy atom. The van der Waals surface area contributed by atoms with Crippen LogP contribution in [-0.4, -0.2) is 32.3 Å². The summed E-state index contributed by atoms with van der Waals surface area (Å²) in [7, 11) is 0.